The van der Waals surface area contributed by atoms with Gasteiger partial charge in [0, 0.05) is 6.61 Å². The molecule has 0 radical (unpaired) electrons. The molecule has 21 heavy (non-hydrogen) atoms. The quantitative estimate of drug-likeness (QED) is 0.848. The topological polar surface area (TPSA) is 74.2 Å². The van der Waals surface area contributed by atoms with E-state index >= 15 is 0 Å². The van der Waals surface area contributed by atoms with Crippen molar-refractivity contribution in [3.8, 4) is 0 Å². The van der Waals surface area contributed by atoms with Crippen molar-refractivity contribution in [2.45, 2.75) is 39.3 Å². The van der Waals surface area contributed by atoms with Crippen LogP contribution in [0.2, 0.25) is 0 Å². The maximum atomic E-state index is 6.15. The van der Waals surface area contributed by atoms with Crippen molar-refractivity contribution in [3.63, 3.8) is 0 Å². The lowest BCUT2D eigenvalue weighted by atomic mass is 10.1. The summed E-state index contributed by atoms with van der Waals surface area (Å²) in [6, 6.07) is 9.73. The molecule has 0 spiro atoms. The molecule has 0 fully saturated rings. The Morgan fingerprint density at radius 2 is 1.95 bits per heavy atom. The van der Waals surface area contributed by atoms with Crippen LogP contribution in [0.25, 0.3) is 0 Å². The molecule has 0 aliphatic heterocycles. The molecule has 0 saturated heterocycles. The Morgan fingerprint density at radius 3 is 2.57 bits per heavy atom. The van der Waals surface area contributed by atoms with Gasteiger partial charge in [0.1, 0.15) is 6.10 Å². The molecule has 1 aromatic heterocycles. The molecule has 0 aliphatic carbocycles. The maximum Gasteiger partial charge on any atom is 0.243 e. The minimum atomic E-state index is -0.303. The molecule has 1 aromatic carbocycles. The van der Waals surface area contributed by atoms with Crippen LogP contribution in [0, 0.1) is 5.92 Å². The van der Waals surface area contributed by atoms with Crippen molar-refractivity contribution >= 4 is 0 Å². The molecule has 2 N–H and O–H groups in total. The molecule has 1 unspecified atom stereocenters. The van der Waals surface area contributed by atoms with Gasteiger partial charge in [0.05, 0.1) is 6.04 Å². The van der Waals surface area contributed by atoms with Crippen LogP contribution in [0.4, 0.5) is 0 Å². The molecule has 1 heterocycles. The van der Waals surface area contributed by atoms with Gasteiger partial charge in [-0.15, -0.1) is 0 Å². The summed E-state index contributed by atoms with van der Waals surface area (Å²) < 4.78 is 11.0. The van der Waals surface area contributed by atoms with E-state index in [1.807, 2.05) is 37.3 Å². The van der Waals surface area contributed by atoms with Crippen LogP contribution in [0.1, 0.15) is 50.2 Å². The zero-order valence-corrected chi connectivity index (χ0v) is 12.8. The molecule has 0 aliphatic rings. The van der Waals surface area contributed by atoms with Gasteiger partial charge in [0.15, 0.2) is 0 Å². The second-order valence-electron chi connectivity index (χ2n) is 5.41. The number of hydrogen-bond donors (Lipinski definition) is 1. The lowest BCUT2D eigenvalue weighted by Crippen LogP contribution is -2.15. The van der Waals surface area contributed by atoms with Gasteiger partial charge in [0.25, 0.3) is 0 Å². The highest BCUT2D eigenvalue weighted by molar-refractivity contribution is 5.16. The summed E-state index contributed by atoms with van der Waals surface area (Å²) in [6.45, 7) is 6.71. The predicted molar refractivity (Wildman–Crippen MR) is 80.6 cm³/mol. The van der Waals surface area contributed by atoms with E-state index in [-0.39, 0.29) is 18.1 Å². The molecular formula is C16H23N3O2. The summed E-state index contributed by atoms with van der Waals surface area (Å²) in [5.74, 6) is 1.31. The van der Waals surface area contributed by atoms with Crippen molar-refractivity contribution < 1.29 is 9.26 Å². The summed E-state index contributed by atoms with van der Waals surface area (Å²) in [6.07, 6.45) is 0.514. The molecule has 0 saturated carbocycles. The third-order valence-electron chi connectivity index (χ3n) is 3.28. The van der Waals surface area contributed by atoms with E-state index in [1.54, 1.807) is 0 Å². The molecule has 0 bridgehead atoms. The first-order valence-electron chi connectivity index (χ1n) is 7.36. The number of aromatic nitrogens is 2. The summed E-state index contributed by atoms with van der Waals surface area (Å²) in [5.41, 5.74) is 7.30. The molecule has 0 amide bonds. The van der Waals surface area contributed by atoms with E-state index in [1.165, 1.54) is 0 Å². The largest absolute Gasteiger partial charge is 0.370 e. The predicted octanol–water partition coefficient (Wildman–Crippen LogP) is 3.05. The van der Waals surface area contributed by atoms with Gasteiger partial charge in [-0.25, -0.2) is 0 Å². The van der Waals surface area contributed by atoms with Gasteiger partial charge in [-0.05, 0) is 24.8 Å². The number of rotatable bonds is 7. The average Bonchev–Trinajstić information content (AvgIpc) is 2.95. The van der Waals surface area contributed by atoms with Crippen LogP contribution in [-0.4, -0.2) is 16.7 Å². The highest BCUT2D eigenvalue weighted by Gasteiger charge is 2.24. The molecule has 5 nitrogen and oxygen atoms in total. The summed E-state index contributed by atoms with van der Waals surface area (Å²) in [5, 5.41) is 4.03. The van der Waals surface area contributed by atoms with Crippen LogP contribution in [0.15, 0.2) is 34.9 Å². The fraction of sp³-hybridized carbons (Fsp3) is 0.500. The maximum absolute atomic E-state index is 6.15. The monoisotopic (exact) mass is 289 g/mol. The summed E-state index contributed by atoms with van der Waals surface area (Å²) in [7, 11) is 0. The Kier molecular flexibility index (Phi) is 5.47. The van der Waals surface area contributed by atoms with Crippen LogP contribution < -0.4 is 5.73 Å². The molecule has 5 heteroatoms. The van der Waals surface area contributed by atoms with Crippen molar-refractivity contribution in [1.29, 1.82) is 0 Å². The Bertz CT molecular complexity index is 539. The zero-order chi connectivity index (χ0) is 15.2. The van der Waals surface area contributed by atoms with Crippen LogP contribution in [0.3, 0.4) is 0 Å². The summed E-state index contributed by atoms with van der Waals surface area (Å²) in [4.78, 5) is 4.42. The van der Waals surface area contributed by atoms with Gasteiger partial charge in [-0.2, -0.15) is 4.98 Å². The molecule has 2 rings (SSSR count). The normalized spacial score (nSPS) is 14.3. The van der Waals surface area contributed by atoms with Crippen molar-refractivity contribution in [2.24, 2.45) is 11.7 Å². The number of nitrogens with zero attached hydrogens (tertiary/aromatic N) is 2. The minimum Gasteiger partial charge on any atom is -0.370 e. The van der Waals surface area contributed by atoms with E-state index in [0.29, 0.717) is 24.7 Å². The molecular weight excluding hydrogens is 266 g/mol. The third kappa shape index (κ3) is 4.12. The highest BCUT2D eigenvalue weighted by Crippen LogP contribution is 2.24. The van der Waals surface area contributed by atoms with Crippen molar-refractivity contribution in [3.05, 3.63) is 47.6 Å². The lowest BCUT2D eigenvalue weighted by Gasteiger charge is -2.16. The van der Waals surface area contributed by atoms with E-state index < -0.39 is 0 Å². The fourth-order valence-corrected chi connectivity index (χ4v) is 2.21. The fourth-order valence-electron chi connectivity index (χ4n) is 2.21. The molecule has 2 aromatic rings. The Hall–Kier alpha value is -1.72. The third-order valence-corrected chi connectivity index (χ3v) is 3.28. The van der Waals surface area contributed by atoms with Gasteiger partial charge < -0.3 is 15.0 Å². The van der Waals surface area contributed by atoms with Crippen molar-refractivity contribution in [2.75, 3.05) is 6.61 Å². The van der Waals surface area contributed by atoms with Crippen molar-refractivity contribution in [1.82, 2.24) is 10.1 Å². The minimum absolute atomic E-state index is 0.156. The van der Waals surface area contributed by atoms with Gasteiger partial charge >= 0.3 is 0 Å². The van der Waals surface area contributed by atoms with E-state index in [4.69, 9.17) is 15.0 Å². The van der Waals surface area contributed by atoms with E-state index in [0.717, 1.165) is 5.56 Å². The first kappa shape index (κ1) is 15.7. The number of ether oxygens (including phenoxy) is 1. The summed E-state index contributed by atoms with van der Waals surface area (Å²) >= 11 is 0. The number of benzene rings is 1. The lowest BCUT2D eigenvalue weighted by molar-refractivity contribution is 0.0217. The van der Waals surface area contributed by atoms with Gasteiger partial charge in [0.2, 0.25) is 11.7 Å². The number of hydrogen-bond acceptors (Lipinski definition) is 5. The molecule has 114 valence electrons. The first-order chi connectivity index (χ1) is 10.1. The van der Waals surface area contributed by atoms with Crippen LogP contribution >= 0.6 is 0 Å². The van der Waals surface area contributed by atoms with Crippen LogP contribution in [0.5, 0.6) is 0 Å². The smallest absolute Gasteiger partial charge is 0.243 e. The molecule has 2 atom stereocenters. The first-order valence-corrected chi connectivity index (χ1v) is 7.36. The Morgan fingerprint density at radius 1 is 1.24 bits per heavy atom. The second-order valence-corrected chi connectivity index (χ2v) is 5.41. The standard InChI is InChI=1S/C16H23N3O2/c1-4-20-14(11(2)3)15-18-16(21-19-15)13(17)10-12-8-6-5-7-9-12/h5-9,11,13-14H,4,10,17H2,1-3H3/t13-,14?/m0/s1. The SMILES string of the molecule is CCOC(c1noc([C@@H](N)Cc2ccccc2)n1)C(C)C. The Balaban J connectivity index is 2.08. The zero-order valence-electron chi connectivity index (χ0n) is 12.8. The number of nitrogens with two attached hydrogens (primary N) is 1. The van der Waals surface area contributed by atoms with E-state index in [2.05, 4.69) is 24.0 Å². The Labute approximate surface area is 125 Å². The average molecular weight is 289 g/mol. The van der Waals surface area contributed by atoms with Gasteiger partial charge in [-0.1, -0.05) is 49.3 Å². The van der Waals surface area contributed by atoms with Crippen LogP contribution in [-0.2, 0) is 11.2 Å². The van der Waals surface area contributed by atoms with E-state index in [9.17, 15) is 0 Å². The second kappa shape index (κ2) is 7.33. The van der Waals surface area contributed by atoms with Gasteiger partial charge in [-0.3, -0.25) is 0 Å². The highest BCUT2D eigenvalue weighted by atomic mass is 16.5.